The van der Waals surface area contributed by atoms with E-state index in [0.29, 0.717) is 8.49 Å². The van der Waals surface area contributed by atoms with Crippen molar-refractivity contribution in [3.8, 4) is 0 Å². The molecular formula is C32H64Ge2Si4. The van der Waals surface area contributed by atoms with Crippen LogP contribution in [0.3, 0.4) is 0 Å². The van der Waals surface area contributed by atoms with Crippen molar-refractivity contribution in [2.24, 2.45) is 47.3 Å². The van der Waals surface area contributed by atoms with Gasteiger partial charge >= 0.3 is 153 Å². The summed E-state index contributed by atoms with van der Waals surface area (Å²) in [5, 5.41) is 0. The van der Waals surface area contributed by atoms with Gasteiger partial charge in [0.2, 0.25) is 0 Å². The van der Waals surface area contributed by atoms with E-state index in [1.165, 1.54) is 0 Å². The maximum absolute atomic E-state index is 2.82. The molecule has 38 heavy (non-hydrogen) atoms. The maximum atomic E-state index is 2.82. The summed E-state index contributed by atoms with van der Waals surface area (Å²) < 4.78 is 1.42. The van der Waals surface area contributed by atoms with Gasteiger partial charge in [-0.25, -0.2) is 0 Å². The van der Waals surface area contributed by atoms with E-state index in [2.05, 4.69) is 112 Å². The topological polar surface area (TPSA) is 0 Å². The molecule has 0 atom stereocenters. The molecule has 8 aliphatic rings. The van der Waals surface area contributed by atoms with Crippen LogP contribution in [-0.2, 0) is 0 Å². The fourth-order valence-electron chi connectivity index (χ4n) is 9.21. The molecule has 0 amide bonds. The van der Waals surface area contributed by atoms with Gasteiger partial charge in [-0.15, -0.1) is 0 Å². The molecule has 8 fully saturated rings. The number of fused-ring (bicyclic) bond motifs is 1. The zero-order valence-electron chi connectivity index (χ0n) is 27.7. The zero-order valence-corrected chi connectivity index (χ0v) is 35.9. The monoisotopic (exact) mass is 708 g/mol. The molecule has 0 aromatic rings. The first-order chi connectivity index (χ1) is 17.5. The summed E-state index contributed by atoms with van der Waals surface area (Å²) in [5.74, 6) is 8.95. The molecule has 0 nitrogen and oxygen atoms in total. The van der Waals surface area contributed by atoms with Crippen molar-refractivity contribution in [2.75, 3.05) is 0 Å². The molecule has 0 unspecified atom stereocenters. The molecule has 10 radical (unpaired) electrons. The summed E-state index contributed by atoms with van der Waals surface area (Å²) in [6, 6.07) is 0. The number of rotatable bonds is 1. The summed E-state index contributed by atoms with van der Waals surface area (Å²) in [6.07, 6.45) is 16.1. The molecule has 216 valence electrons. The zero-order chi connectivity index (χ0) is 29.0. The molecule has 8 bridgehead atoms. The molecular weight excluding hydrogens is 642 g/mol. The normalized spacial score (nSPS) is 43.1. The number of hydrogen-bond donors (Lipinski definition) is 0. The van der Waals surface area contributed by atoms with Crippen LogP contribution in [0.2, 0.25) is 87.1 Å². The molecule has 0 aromatic carbocycles. The van der Waals surface area contributed by atoms with Crippen LogP contribution in [0, 0.1) is 47.3 Å². The molecule has 6 heteroatoms. The van der Waals surface area contributed by atoms with Gasteiger partial charge < -0.3 is 0 Å². The molecule has 0 N–H and O–H groups in total. The molecule has 0 saturated heterocycles. The van der Waals surface area contributed by atoms with Crippen LogP contribution in [0.4, 0.5) is 0 Å². The molecule has 0 heterocycles. The summed E-state index contributed by atoms with van der Waals surface area (Å²) in [6.45, 7) is 27.2. The predicted molar refractivity (Wildman–Crippen MR) is 184 cm³/mol. The molecule has 8 saturated carbocycles. The van der Waals surface area contributed by atoms with Gasteiger partial charge in [-0.2, -0.15) is 0 Å². The standard InChI is InChI=1S/C20H28Ge2.4C3H9Si/c21-19(15-3-11-1-12(5-15)6-16(19)4-11)20(22)17-7-13-2-14(9-17)10-18(20)8-13;4*1-4(2)3/h11-18H,1-10H2;4*1-3H3. The second-order valence-corrected chi connectivity index (χ2v) is 31.8. The van der Waals surface area contributed by atoms with E-state index in [0.717, 1.165) is 47.3 Å². The third-order valence-corrected chi connectivity index (χ3v) is 15.8. The fraction of sp³-hybridized carbons (Fsp3) is 1.00. The Balaban J connectivity index is 0.000000265. The van der Waals surface area contributed by atoms with Crippen molar-refractivity contribution in [1.82, 2.24) is 0 Å². The van der Waals surface area contributed by atoms with Crippen molar-refractivity contribution < 1.29 is 0 Å². The van der Waals surface area contributed by atoms with Gasteiger partial charge in [0, 0.05) is 35.2 Å². The van der Waals surface area contributed by atoms with E-state index in [1.54, 1.807) is 64.2 Å². The van der Waals surface area contributed by atoms with Crippen LogP contribution in [0.1, 0.15) is 64.2 Å². The van der Waals surface area contributed by atoms with Gasteiger partial charge in [-0.1, -0.05) is 78.6 Å². The van der Waals surface area contributed by atoms with E-state index < -0.39 is 0 Å². The summed E-state index contributed by atoms with van der Waals surface area (Å²) in [4.78, 5) is 0. The van der Waals surface area contributed by atoms with E-state index in [1.807, 2.05) is 0 Å². The predicted octanol–water partition coefficient (Wildman–Crippen LogP) is 10.0. The average molecular weight is 706 g/mol. The average Bonchev–Trinajstić information content (AvgIpc) is 2.73. The van der Waals surface area contributed by atoms with E-state index in [4.69, 9.17) is 0 Å². The first kappa shape index (κ1) is 36.1. The summed E-state index contributed by atoms with van der Waals surface area (Å²) in [7, 11) is 0.481. The Morgan fingerprint density at radius 3 is 0.605 bits per heavy atom. The second kappa shape index (κ2) is 15.6. The Morgan fingerprint density at radius 1 is 0.342 bits per heavy atom. The summed E-state index contributed by atoms with van der Waals surface area (Å²) in [5.41, 5.74) is 0. The van der Waals surface area contributed by atoms with Gasteiger partial charge in [0.1, 0.15) is 0 Å². The SMILES string of the molecule is C[Si](C)C.C[Si](C)C.C[Si](C)C.C[Si](C)C.[Ge][C]1([C]2([Ge])C3CC4CC(C3)CC2C4)C2CC3CC(C2)CC1C3. The Morgan fingerprint density at radius 2 is 0.474 bits per heavy atom. The van der Waals surface area contributed by atoms with Crippen LogP contribution in [0.15, 0.2) is 0 Å². The van der Waals surface area contributed by atoms with Crippen molar-refractivity contribution in [1.29, 1.82) is 0 Å². The third-order valence-electron chi connectivity index (χ3n) is 9.54. The minimum atomic E-state index is 0.120. The Hall–Kier alpha value is 1.95. The molecule has 0 spiro atoms. The van der Waals surface area contributed by atoms with Crippen molar-refractivity contribution >= 4 is 68.2 Å². The number of hydrogen-bond acceptors (Lipinski definition) is 0. The van der Waals surface area contributed by atoms with Crippen LogP contribution >= 0.6 is 0 Å². The van der Waals surface area contributed by atoms with Crippen LogP contribution < -0.4 is 0 Å². The van der Waals surface area contributed by atoms with E-state index in [9.17, 15) is 0 Å². The first-order valence-electron chi connectivity index (χ1n) is 16.1. The molecule has 0 aliphatic heterocycles. The Labute approximate surface area is 265 Å². The Bertz CT molecular complexity index is 556. The summed E-state index contributed by atoms with van der Waals surface area (Å²) >= 11 is 5.64. The molecule has 0 aromatic heterocycles. The van der Waals surface area contributed by atoms with Crippen LogP contribution in [0.5, 0.6) is 0 Å². The first-order valence-corrected chi connectivity index (χ1v) is 30.2. The van der Waals surface area contributed by atoms with Gasteiger partial charge in [0.15, 0.2) is 0 Å². The Kier molecular flexibility index (Phi) is 14.8. The van der Waals surface area contributed by atoms with Gasteiger partial charge in [0.25, 0.3) is 0 Å². The van der Waals surface area contributed by atoms with Gasteiger partial charge in [-0.3, -0.25) is 0 Å². The molecule has 8 rings (SSSR count). The van der Waals surface area contributed by atoms with Gasteiger partial charge in [0.05, 0.1) is 0 Å². The quantitative estimate of drug-likeness (QED) is 0.238. The van der Waals surface area contributed by atoms with E-state index >= 15 is 0 Å². The third kappa shape index (κ3) is 9.23. The van der Waals surface area contributed by atoms with E-state index in [-0.39, 0.29) is 35.2 Å². The van der Waals surface area contributed by atoms with Crippen molar-refractivity contribution in [3.63, 3.8) is 0 Å². The van der Waals surface area contributed by atoms with Crippen LogP contribution in [0.25, 0.3) is 0 Å². The van der Waals surface area contributed by atoms with Crippen molar-refractivity contribution in [3.05, 3.63) is 0 Å². The van der Waals surface area contributed by atoms with Gasteiger partial charge in [-0.05, 0) is 0 Å². The van der Waals surface area contributed by atoms with Crippen molar-refractivity contribution in [2.45, 2.75) is 151 Å². The second-order valence-electron chi connectivity index (χ2n) is 16.3. The van der Waals surface area contributed by atoms with Crippen LogP contribution in [-0.4, -0.2) is 68.2 Å². The molecule has 8 aliphatic carbocycles. The minimum absolute atomic E-state index is 0.120. The fourth-order valence-corrected chi connectivity index (χ4v) is 12.9.